The number of halogens is 1. The Morgan fingerprint density at radius 2 is 1.87 bits per heavy atom. The lowest BCUT2D eigenvalue weighted by atomic mass is 10.2. The molecule has 0 aliphatic carbocycles. The Bertz CT molecular complexity index is 963. The highest BCUT2D eigenvalue weighted by atomic mass is 35.5. The molecule has 3 rings (SSSR count). The predicted molar refractivity (Wildman–Crippen MR) is 117 cm³/mol. The molecular weight excluding hydrogens is 426 g/mol. The van der Waals surface area contributed by atoms with E-state index in [1.165, 1.54) is 12.1 Å². The van der Waals surface area contributed by atoms with Crippen molar-refractivity contribution in [2.45, 2.75) is 11.8 Å². The third kappa shape index (κ3) is 5.72. The minimum Gasteiger partial charge on any atom is -0.379 e. The van der Waals surface area contributed by atoms with E-state index in [1.807, 2.05) is 0 Å². The van der Waals surface area contributed by atoms with Gasteiger partial charge in [0.15, 0.2) is 0 Å². The summed E-state index contributed by atoms with van der Waals surface area (Å²) in [5, 5.41) is 3.33. The standard InChI is InChI=1S/C21H26ClN3O4S/c1-17-15-18(22)7-8-20(17)25(30(27,28)19-5-3-2-4-6-19)16-21(26)23-9-10-24-11-13-29-14-12-24/h2-8,15H,9-14,16H2,1H3,(H,23,26). The van der Waals surface area contributed by atoms with Gasteiger partial charge in [0.25, 0.3) is 10.0 Å². The van der Waals surface area contributed by atoms with Crippen molar-refractivity contribution in [2.24, 2.45) is 0 Å². The van der Waals surface area contributed by atoms with E-state index in [0.717, 1.165) is 17.4 Å². The van der Waals surface area contributed by atoms with Crippen molar-refractivity contribution < 1.29 is 17.9 Å². The molecule has 2 aromatic rings. The van der Waals surface area contributed by atoms with Gasteiger partial charge in [0, 0.05) is 31.2 Å². The van der Waals surface area contributed by atoms with E-state index in [4.69, 9.17) is 16.3 Å². The number of hydrogen-bond acceptors (Lipinski definition) is 5. The highest BCUT2D eigenvalue weighted by molar-refractivity contribution is 7.92. The number of carbonyl (C=O) groups is 1. The zero-order chi connectivity index (χ0) is 21.6. The van der Waals surface area contributed by atoms with Gasteiger partial charge in [-0.05, 0) is 42.8 Å². The van der Waals surface area contributed by atoms with Crippen LogP contribution < -0.4 is 9.62 Å². The first kappa shape index (κ1) is 22.6. The summed E-state index contributed by atoms with van der Waals surface area (Å²) in [6.07, 6.45) is 0. The van der Waals surface area contributed by atoms with Crippen LogP contribution in [-0.4, -0.2) is 65.2 Å². The van der Waals surface area contributed by atoms with Crippen LogP contribution in [-0.2, 0) is 19.6 Å². The number of amides is 1. The maximum atomic E-state index is 13.3. The van der Waals surface area contributed by atoms with Crippen molar-refractivity contribution in [3.05, 3.63) is 59.1 Å². The van der Waals surface area contributed by atoms with E-state index in [0.29, 0.717) is 42.6 Å². The van der Waals surface area contributed by atoms with Gasteiger partial charge in [-0.1, -0.05) is 29.8 Å². The number of aryl methyl sites for hydroxylation is 1. The van der Waals surface area contributed by atoms with E-state index < -0.39 is 10.0 Å². The van der Waals surface area contributed by atoms with Crippen LogP contribution in [0.15, 0.2) is 53.4 Å². The lowest BCUT2D eigenvalue weighted by molar-refractivity contribution is -0.119. The van der Waals surface area contributed by atoms with Crippen LogP contribution in [0.3, 0.4) is 0 Å². The number of hydrogen-bond donors (Lipinski definition) is 1. The molecule has 0 aromatic heterocycles. The molecule has 0 spiro atoms. The molecule has 162 valence electrons. The van der Waals surface area contributed by atoms with Gasteiger partial charge in [-0.2, -0.15) is 0 Å². The number of rotatable bonds is 8. The van der Waals surface area contributed by atoms with Crippen LogP contribution in [0, 0.1) is 6.92 Å². The van der Waals surface area contributed by atoms with Crippen LogP contribution in [0.4, 0.5) is 5.69 Å². The van der Waals surface area contributed by atoms with Crippen LogP contribution in [0.5, 0.6) is 0 Å². The van der Waals surface area contributed by atoms with Crippen molar-refractivity contribution in [3.8, 4) is 0 Å². The fourth-order valence-electron chi connectivity index (χ4n) is 3.28. The number of nitrogens with zero attached hydrogens (tertiary/aromatic N) is 2. The fourth-order valence-corrected chi connectivity index (χ4v) is 5.02. The molecular formula is C21H26ClN3O4S. The van der Waals surface area contributed by atoms with E-state index in [9.17, 15) is 13.2 Å². The molecule has 0 radical (unpaired) electrons. The summed E-state index contributed by atoms with van der Waals surface area (Å²) in [5.41, 5.74) is 1.09. The van der Waals surface area contributed by atoms with Gasteiger partial charge in [-0.3, -0.25) is 14.0 Å². The number of ether oxygens (including phenoxy) is 1. The lowest BCUT2D eigenvalue weighted by Gasteiger charge is -2.27. The normalized spacial score (nSPS) is 15.0. The highest BCUT2D eigenvalue weighted by Gasteiger charge is 2.28. The summed E-state index contributed by atoms with van der Waals surface area (Å²) in [6.45, 7) is 5.62. The molecule has 0 atom stereocenters. The monoisotopic (exact) mass is 451 g/mol. The lowest BCUT2D eigenvalue weighted by Crippen LogP contribution is -2.45. The zero-order valence-corrected chi connectivity index (χ0v) is 18.5. The maximum Gasteiger partial charge on any atom is 0.264 e. The molecule has 9 heteroatoms. The number of sulfonamides is 1. The number of anilines is 1. The van der Waals surface area contributed by atoms with Crippen LogP contribution in [0.2, 0.25) is 5.02 Å². The second kappa shape index (κ2) is 10.3. The fraction of sp³-hybridized carbons (Fsp3) is 0.381. The molecule has 1 amide bonds. The second-order valence-electron chi connectivity index (χ2n) is 7.06. The van der Waals surface area contributed by atoms with E-state index >= 15 is 0 Å². The number of benzene rings is 2. The quantitative estimate of drug-likeness (QED) is 0.666. The molecule has 1 fully saturated rings. The summed E-state index contributed by atoms with van der Waals surface area (Å²) < 4.78 is 33.1. The van der Waals surface area contributed by atoms with Crippen molar-refractivity contribution >= 4 is 33.2 Å². The SMILES string of the molecule is Cc1cc(Cl)ccc1N(CC(=O)NCCN1CCOCC1)S(=O)(=O)c1ccccc1. The Balaban J connectivity index is 1.76. The van der Waals surface area contributed by atoms with Crippen LogP contribution in [0.25, 0.3) is 0 Å². The number of morpholine rings is 1. The first-order valence-corrected chi connectivity index (χ1v) is 11.6. The van der Waals surface area contributed by atoms with Gasteiger partial charge in [0.1, 0.15) is 6.54 Å². The maximum absolute atomic E-state index is 13.3. The van der Waals surface area contributed by atoms with Gasteiger partial charge in [0.2, 0.25) is 5.91 Å². The van der Waals surface area contributed by atoms with Gasteiger partial charge in [0.05, 0.1) is 23.8 Å². The molecule has 0 saturated carbocycles. The van der Waals surface area contributed by atoms with Crippen LogP contribution >= 0.6 is 11.6 Å². The molecule has 1 N–H and O–H groups in total. The third-order valence-corrected chi connectivity index (χ3v) is 6.91. The smallest absolute Gasteiger partial charge is 0.264 e. The molecule has 30 heavy (non-hydrogen) atoms. The Hall–Kier alpha value is -2.13. The Morgan fingerprint density at radius 3 is 2.53 bits per heavy atom. The average molecular weight is 452 g/mol. The van der Waals surface area contributed by atoms with Gasteiger partial charge < -0.3 is 10.1 Å². The zero-order valence-electron chi connectivity index (χ0n) is 16.9. The minimum absolute atomic E-state index is 0.125. The van der Waals surface area contributed by atoms with E-state index in [-0.39, 0.29) is 17.3 Å². The molecule has 2 aromatic carbocycles. The molecule has 1 aliphatic rings. The Labute approximate surface area is 182 Å². The summed E-state index contributed by atoms with van der Waals surface area (Å²) in [7, 11) is -3.93. The minimum atomic E-state index is -3.93. The molecule has 1 aliphatic heterocycles. The third-order valence-electron chi connectivity index (χ3n) is 4.90. The topological polar surface area (TPSA) is 79.0 Å². The molecule has 0 unspecified atom stereocenters. The number of nitrogens with one attached hydrogen (secondary N) is 1. The van der Waals surface area contributed by atoms with E-state index in [2.05, 4.69) is 10.2 Å². The van der Waals surface area contributed by atoms with Gasteiger partial charge in [-0.15, -0.1) is 0 Å². The van der Waals surface area contributed by atoms with Crippen molar-refractivity contribution in [1.82, 2.24) is 10.2 Å². The first-order valence-electron chi connectivity index (χ1n) is 9.78. The predicted octanol–water partition coefficient (Wildman–Crippen LogP) is 2.29. The number of carbonyl (C=O) groups excluding carboxylic acids is 1. The van der Waals surface area contributed by atoms with Crippen LogP contribution in [0.1, 0.15) is 5.56 Å². The summed E-state index contributed by atoms with van der Waals surface area (Å²) >= 11 is 6.04. The molecule has 1 saturated heterocycles. The summed E-state index contributed by atoms with van der Waals surface area (Å²) in [4.78, 5) is 15.0. The molecule has 1 heterocycles. The first-order chi connectivity index (χ1) is 14.4. The average Bonchev–Trinajstić information content (AvgIpc) is 2.74. The Kier molecular flexibility index (Phi) is 7.71. The second-order valence-corrected chi connectivity index (χ2v) is 9.36. The van der Waals surface area contributed by atoms with Gasteiger partial charge in [-0.25, -0.2) is 8.42 Å². The van der Waals surface area contributed by atoms with Crippen molar-refractivity contribution in [1.29, 1.82) is 0 Å². The highest BCUT2D eigenvalue weighted by Crippen LogP contribution is 2.28. The molecule has 0 bridgehead atoms. The largest absolute Gasteiger partial charge is 0.379 e. The summed E-state index contributed by atoms with van der Waals surface area (Å²) in [6, 6.07) is 13.0. The van der Waals surface area contributed by atoms with Crippen molar-refractivity contribution in [2.75, 3.05) is 50.2 Å². The summed E-state index contributed by atoms with van der Waals surface area (Å²) in [5.74, 6) is -0.364. The van der Waals surface area contributed by atoms with E-state index in [1.54, 1.807) is 43.3 Å². The Morgan fingerprint density at radius 1 is 1.17 bits per heavy atom. The van der Waals surface area contributed by atoms with Gasteiger partial charge >= 0.3 is 0 Å². The van der Waals surface area contributed by atoms with Crippen molar-refractivity contribution in [3.63, 3.8) is 0 Å². The molecule has 7 nitrogen and oxygen atoms in total.